The first-order valence-corrected chi connectivity index (χ1v) is 8.78. The summed E-state index contributed by atoms with van der Waals surface area (Å²) in [5.41, 5.74) is 1.15. The molecule has 0 bridgehead atoms. The average Bonchev–Trinajstić information content (AvgIpc) is 2.59. The second kappa shape index (κ2) is 7.75. The minimum atomic E-state index is -0.555. The maximum atomic E-state index is 10.5. The molecule has 2 saturated heterocycles. The number of aliphatic hydroxyl groups excluding tert-OH is 1. The van der Waals surface area contributed by atoms with Crippen molar-refractivity contribution in [3.63, 3.8) is 0 Å². The lowest BCUT2D eigenvalue weighted by Crippen LogP contribution is -2.52. The van der Waals surface area contributed by atoms with Gasteiger partial charge in [-0.25, -0.2) is 0 Å². The molecule has 0 radical (unpaired) electrons. The van der Waals surface area contributed by atoms with E-state index in [1.165, 1.54) is 0 Å². The lowest BCUT2D eigenvalue weighted by atomic mass is 9.86. The van der Waals surface area contributed by atoms with Crippen LogP contribution >= 0.6 is 0 Å². The number of hydrogen-bond donors (Lipinski definition) is 1. The van der Waals surface area contributed by atoms with Crippen LogP contribution in [0.2, 0.25) is 0 Å². The van der Waals surface area contributed by atoms with Gasteiger partial charge in [-0.1, -0.05) is 43.7 Å². The second-order valence-electron chi connectivity index (χ2n) is 6.88. The van der Waals surface area contributed by atoms with E-state index in [4.69, 9.17) is 14.2 Å². The van der Waals surface area contributed by atoms with Gasteiger partial charge in [0.1, 0.15) is 0 Å². The lowest BCUT2D eigenvalue weighted by molar-refractivity contribution is -0.308. The fourth-order valence-electron chi connectivity index (χ4n) is 3.42. The summed E-state index contributed by atoms with van der Waals surface area (Å²) in [6, 6.07) is 10.1. The molecule has 2 aliphatic heterocycles. The molecule has 4 heteroatoms. The van der Waals surface area contributed by atoms with Crippen molar-refractivity contribution in [3.8, 4) is 0 Å². The van der Waals surface area contributed by atoms with Crippen LogP contribution in [0.4, 0.5) is 0 Å². The van der Waals surface area contributed by atoms with Crippen molar-refractivity contribution in [2.45, 2.75) is 51.1 Å². The van der Waals surface area contributed by atoms with E-state index in [1.807, 2.05) is 30.3 Å². The molecule has 0 unspecified atom stereocenters. The summed E-state index contributed by atoms with van der Waals surface area (Å²) in [6.07, 6.45) is 3.30. The summed E-state index contributed by atoms with van der Waals surface area (Å²) in [6.45, 7) is 4.54. The predicted octanol–water partition coefficient (Wildman–Crippen LogP) is 3.13. The van der Waals surface area contributed by atoms with E-state index < -0.39 is 11.9 Å². The maximum Gasteiger partial charge on any atom is 0.170 e. The van der Waals surface area contributed by atoms with Crippen LogP contribution in [0.15, 0.2) is 30.3 Å². The van der Waals surface area contributed by atoms with Gasteiger partial charge in [0.2, 0.25) is 0 Å². The highest BCUT2D eigenvalue weighted by Gasteiger charge is 2.44. The predicted molar refractivity (Wildman–Crippen MR) is 87.9 cm³/mol. The van der Waals surface area contributed by atoms with Crippen molar-refractivity contribution < 1.29 is 19.3 Å². The highest BCUT2D eigenvalue weighted by Crippen LogP contribution is 2.38. The monoisotopic (exact) mass is 320 g/mol. The molecule has 3 rings (SSSR count). The van der Waals surface area contributed by atoms with Crippen LogP contribution < -0.4 is 0 Å². The Labute approximate surface area is 138 Å². The standard InChI is InChI=1S/C19H28O4/c1-2-15-8-9-19(22-12-15)10-18(20)17(14-23-19)13-21-11-16-6-4-3-5-7-16/h3-7,15,17-18,20H,2,8-14H2,1H3/t15-,17-,18-,19+/m0/s1. The van der Waals surface area contributed by atoms with Crippen molar-refractivity contribution in [2.24, 2.45) is 11.8 Å². The zero-order chi connectivity index (χ0) is 16.1. The Morgan fingerprint density at radius 3 is 2.65 bits per heavy atom. The van der Waals surface area contributed by atoms with Crippen molar-refractivity contribution in [1.82, 2.24) is 0 Å². The summed E-state index contributed by atoms with van der Waals surface area (Å²) >= 11 is 0. The smallest absolute Gasteiger partial charge is 0.170 e. The van der Waals surface area contributed by atoms with Crippen LogP contribution in [0, 0.1) is 11.8 Å². The first kappa shape index (κ1) is 16.9. The zero-order valence-corrected chi connectivity index (χ0v) is 13.9. The van der Waals surface area contributed by atoms with E-state index in [2.05, 4.69) is 6.92 Å². The summed E-state index contributed by atoms with van der Waals surface area (Å²) in [5.74, 6) is 0.103. The van der Waals surface area contributed by atoms with Gasteiger partial charge in [-0.2, -0.15) is 0 Å². The number of aliphatic hydroxyl groups is 1. The topological polar surface area (TPSA) is 47.9 Å². The molecule has 1 aromatic rings. The molecule has 4 nitrogen and oxygen atoms in total. The van der Waals surface area contributed by atoms with Gasteiger partial charge in [0.25, 0.3) is 0 Å². The van der Waals surface area contributed by atoms with Gasteiger partial charge in [-0.3, -0.25) is 0 Å². The Hall–Kier alpha value is -0.940. The van der Waals surface area contributed by atoms with E-state index >= 15 is 0 Å². The van der Waals surface area contributed by atoms with Crippen LogP contribution in [-0.2, 0) is 20.8 Å². The van der Waals surface area contributed by atoms with E-state index in [-0.39, 0.29) is 5.92 Å². The highest BCUT2D eigenvalue weighted by atomic mass is 16.7. The summed E-state index contributed by atoms with van der Waals surface area (Å²) in [7, 11) is 0. The molecular formula is C19H28O4. The van der Waals surface area contributed by atoms with Crippen molar-refractivity contribution in [2.75, 3.05) is 19.8 Å². The van der Waals surface area contributed by atoms with E-state index in [1.54, 1.807) is 0 Å². The quantitative estimate of drug-likeness (QED) is 0.905. The van der Waals surface area contributed by atoms with Crippen LogP contribution in [0.3, 0.4) is 0 Å². The third-order valence-electron chi connectivity index (χ3n) is 5.16. The molecular weight excluding hydrogens is 292 g/mol. The summed E-state index contributed by atoms with van der Waals surface area (Å²) in [4.78, 5) is 0. The molecule has 0 aliphatic carbocycles. The van der Waals surface area contributed by atoms with Gasteiger partial charge in [0.15, 0.2) is 5.79 Å². The minimum absolute atomic E-state index is 0.0248. The molecule has 1 N–H and O–H groups in total. The summed E-state index contributed by atoms with van der Waals surface area (Å²) < 4.78 is 17.8. The molecule has 1 spiro atoms. The molecule has 1 aromatic carbocycles. The Bertz CT molecular complexity index is 468. The molecule has 23 heavy (non-hydrogen) atoms. The van der Waals surface area contributed by atoms with Crippen molar-refractivity contribution in [3.05, 3.63) is 35.9 Å². The SMILES string of the molecule is CC[C@H]1CC[C@@]2(C[C@H](O)[C@@H](COCc3ccccc3)CO2)OC1. The third kappa shape index (κ3) is 4.32. The molecule has 4 atom stereocenters. The fourth-order valence-corrected chi connectivity index (χ4v) is 3.42. The normalized spacial score (nSPS) is 34.6. The van der Waals surface area contributed by atoms with Gasteiger partial charge in [0.05, 0.1) is 32.5 Å². The van der Waals surface area contributed by atoms with Gasteiger partial charge >= 0.3 is 0 Å². The minimum Gasteiger partial charge on any atom is -0.392 e. The van der Waals surface area contributed by atoms with Gasteiger partial charge in [0, 0.05) is 18.8 Å². The van der Waals surface area contributed by atoms with Crippen LogP contribution in [-0.4, -0.2) is 36.8 Å². The Balaban J connectivity index is 1.44. The molecule has 2 aliphatic rings. The first-order chi connectivity index (χ1) is 11.2. The molecule has 0 saturated carbocycles. The van der Waals surface area contributed by atoms with Crippen molar-refractivity contribution >= 4 is 0 Å². The van der Waals surface area contributed by atoms with Gasteiger partial charge in [-0.05, 0) is 17.9 Å². The van der Waals surface area contributed by atoms with Crippen molar-refractivity contribution in [1.29, 1.82) is 0 Å². The molecule has 128 valence electrons. The van der Waals surface area contributed by atoms with E-state index in [9.17, 15) is 5.11 Å². The largest absolute Gasteiger partial charge is 0.392 e. The van der Waals surface area contributed by atoms with Gasteiger partial charge < -0.3 is 19.3 Å². The first-order valence-electron chi connectivity index (χ1n) is 8.78. The zero-order valence-electron chi connectivity index (χ0n) is 13.9. The number of benzene rings is 1. The molecule has 0 aromatic heterocycles. The highest BCUT2D eigenvalue weighted by molar-refractivity contribution is 5.13. The second-order valence-corrected chi connectivity index (χ2v) is 6.88. The van der Waals surface area contributed by atoms with Crippen LogP contribution in [0.5, 0.6) is 0 Å². The maximum absolute atomic E-state index is 10.5. The molecule has 2 heterocycles. The fraction of sp³-hybridized carbons (Fsp3) is 0.684. The third-order valence-corrected chi connectivity index (χ3v) is 5.16. The van der Waals surface area contributed by atoms with Crippen LogP contribution in [0.1, 0.15) is 38.2 Å². The van der Waals surface area contributed by atoms with E-state index in [0.29, 0.717) is 32.2 Å². The van der Waals surface area contributed by atoms with Gasteiger partial charge in [-0.15, -0.1) is 0 Å². The number of ether oxygens (including phenoxy) is 3. The molecule has 2 fully saturated rings. The Morgan fingerprint density at radius 1 is 1.22 bits per heavy atom. The lowest BCUT2D eigenvalue weighted by Gasteiger charge is -2.46. The molecule has 0 amide bonds. The average molecular weight is 320 g/mol. The van der Waals surface area contributed by atoms with Crippen LogP contribution in [0.25, 0.3) is 0 Å². The number of hydrogen-bond acceptors (Lipinski definition) is 4. The Kier molecular flexibility index (Phi) is 5.70. The number of rotatable bonds is 5. The van der Waals surface area contributed by atoms with E-state index in [0.717, 1.165) is 31.4 Å². The Morgan fingerprint density at radius 2 is 2.00 bits per heavy atom. The summed E-state index contributed by atoms with van der Waals surface area (Å²) in [5, 5.41) is 10.5.